The maximum absolute atomic E-state index is 8.90. The number of rotatable bonds is 4. The summed E-state index contributed by atoms with van der Waals surface area (Å²) >= 11 is 5.88. The van der Waals surface area contributed by atoms with Gasteiger partial charge in [0.2, 0.25) is 0 Å². The van der Waals surface area contributed by atoms with Crippen LogP contribution in [-0.4, -0.2) is 17.8 Å². The van der Waals surface area contributed by atoms with E-state index in [4.69, 9.17) is 16.7 Å². The average Bonchev–Trinajstić information content (AvgIpc) is 2.17. The van der Waals surface area contributed by atoms with E-state index in [1.54, 1.807) is 0 Å². The molecule has 0 amide bonds. The Morgan fingerprint density at radius 1 is 1.43 bits per heavy atom. The minimum atomic E-state index is 0.101. The van der Waals surface area contributed by atoms with Crippen LogP contribution in [0, 0.1) is 0 Å². The van der Waals surface area contributed by atoms with Gasteiger partial charge in [0.25, 0.3) is 0 Å². The van der Waals surface area contributed by atoms with Gasteiger partial charge in [-0.25, -0.2) is 0 Å². The molecule has 0 aliphatic carbocycles. The Hall–Kier alpha value is -0.570. The molecule has 2 nitrogen and oxygen atoms in total. The van der Waals surface area contributed by atoms with Crippen molar-refractivity contribution in [3.63, 3.8) is 0 Å². The average molecular weight is 214 g/mol. The van der Waals surface area contributed by atoms with Crippen molar-refractivity contribution in [1.29, 1.82) is 0 Å². The Kier molecular flexibility index (Phi) is 4.39. The van der Waals surface area contributed by atoms with Gasteiger partial charge in [-0.3, -0.25) is 0 Å². The second kappa shape index (κ2) is 5.35. The predicted octanol–water partition coefficient (Wildman–Crippen LogP) is 2.37. The molecule has 0 heterocycles. The first-order chi connectivity index (χ1) is 6.63. The second-order valence-corrected chi connectivity index (χ2v) is 3.96. The quantitative estimate of drug-likeness (QED) is 0.805. The summed E-state index contributed by atoms with van der Waals surface area (Å²) in [5.74, 6) is 0. The van der Waals surface area contributed by atoms with Gasteiger partial charge < -0.3 is 10.4 Å². The van der Waals surface area contributed by atoms with Crippen LogP contribution in [0.15, 0.2) is 24.3 Å². The maximum Gasteiger partial charge on any atom is 0.0582 e. The third-order valence-corrected chi connectivity index (χ3v) is 2.39. The third kappa shape index (κ3) is 3.29. The van der Waals surface area contributed by atoms with Gasteiger partial charge in [-0.1, -0.05) is 23.7 Å². The summed E-state index contributed by atoms with van der Waals surface area (Å²) in [6.45, 7) is 4.14. The highest BCUT2D eigenvalue weighted by atomic mass is 35.5. The van der Waals surface area contributed by atoms with Crippen LogP contribution in [0.4, 0.5) is 0 Å². The number of aliphatic hydroxyl groups is 1. The van der Waals surface area contributed by atoms with E-state index in [2.05, 4.69) is 12.2 Å². The zero-order valence-electron chi connectivity index (χ0n) is 8.50. The van der Waals surface area contributed by atoms with Crippen LogP contribution in [0.5, 0.6) is 0 Å². The molecule has 0 aliphatic heterocycles. The number of halogens is 1. The van der Waals surface area contributed by atoms with Crippen molar-refractivity contribution in [2.24, 2.45) is 0 Å². The molecule has 78 valence electrons. The van der Waals surface area contributed by atoms with Crippen molar-refractivity contribution in [3.05, 3.63) is 34.9 Å². The number of benzene rings is 1. The van der Waals surface area contributed by atoms with Crippen molar-refractivity contribution in [2.45, 2.75) is 25.9 Å². The molecule has 1 aromatic carbocycles. The zero-order valence-corrected chi connectivity index (χ0v) is 9.25. The van der Waals surface area contributed by atoms with Crippen LogP contribution in [0.1, 0.15) is 25.5 Å². The van der Waals surface area contributed by atoms with Crippen LogP contribution >= 0.6 is 11.6 Å². The molecule has 1 aromatic rings. The van der Waals surface area contributed by atoms with E-state index in [1.165, 1.54) is 0 Å². The summed E-state index contributed by atoms with van der Waals surface area (Å²) in [5.41, 5.74) is 1.14. The summed E-state index contributed by atoms with van der Waals surface area (Å²) in [4.78, 5) is 0. The Labute approximate surface area is 89.9 Å². The summed E-state index contributed by atoms with van der Waals surface area (Å²) < 4.78 is 0. The molecular weight excluding hydrogens is 198 g/mol. The summed E-state index contributed by atoms with van der Waals surface area (Å²) in [5, 5.41) is 12.9. The summed E-state index contributed by atoms with van der Waals surface area (Å²) in [6, 6.07) is 8.05. The lowest BCUT2D eigenvalue weighted by atomic mass is 10.1. The molecule has 2 unspecified atom stereocenters. The molecule has 3 heteroatoms. The molecule has 2 atom stereocenters. The predicted molar refractivity (Wildman–Crippen MR) is 59.6 cm³/mol. The lowest BCUT2D eigenvalue weighted by Gasteiger charge is -2.18. The van der Waals surface area contributed by atoms with E-state index < -0.39 is 0 Å². The molecule has 0 aromatic heterocycles. The van der Waals surface area contributed by atoms with Crippen molar-refractivity contribution >= 4 is 11.6 Å². The molecule has 14 heavy (non-hydrogen) atoms. The Bertz CT molecular complexity index is 290. The van der Waals surface area contributed by atoms with Crippen LogP contribution in [0.3, 0.4) is 0 Å². The van der Waals surface area contributed by atoms with Crippen molar-refractivity contribution < 1.29 is 5.11 Å². The van der Waals surface area contributed by atoms with Gasteiger partial charge in [0, 0.05) is 17.1 Å². The number of hydrogen-bond donors (Lipinski definition) is 2. The number of aliphatic hydroxyl groups excluding tert-OH is 1. The molecule has 0 fully saturated rings. The molecule has 0 saturated heterocycles. The summed E-state index contributed by atoms with van der Waals surface area (Å²) in [7, 11) is 0. The van der Waals surface area contributed by atoms with Crippen LogP contribution in [0.2, 0.25) is 5.02 Å². The van der Waals surface area contributed by atoms with Gasteiger partial charge in [-0.05, 0) is 31.5 Å². The van der Waals surface area contributed by atoms with Gasteiger partial charge in [-0.2, -0.15) is 0 Å². The normalized spacial score (nSPS) is 15.1. The van der Waals surface area contributed by atoms with Crippen molar-refractivity contribution in [2.75, 3.05) is 6.61 Å². The molecule has 0 aliphatic rings. The molecular formula is C11H16ClNO. The van der Waals surface area contributed by atoms with Gasteiger partial charge in [0.05, 0.1) is 6.61 Å². The van der Waals surface area contributed by atoms with Crippen LogP contribution in [-0.2, 0) is 0 Å². The zero-order chi connectivity index (χ0) is 10.6. The first kappa shape index (κ1) is 11.5. The first-order valence-electron chi connectivity index (χ1n) is 4.76. The topological polar surface area (TPSA) is 32.3 Å². The fourth-order valence-corrected chi connectivity index (χ4v) is 1.55. The fraction of sp³-hybridized carbons (Fsp3) is 0.455. The highest BCUT2D eigenvalue weighted by Crippen LogP contribution is 2.17. The van der Waals surface area contributed by atoms with E-state index in [1.807, 2.05) is 31.2 Å². The molecule has 2 N–H and O–H groups in total. The summed E-state index contributed by atoms with van der Waals surface area (Å²) in [6.07, 6.45) is 0. The SMILES string of the molecule is CC(CO)NC(C)c1cccc(Cl)c1. The van der Waals surface area contributed by atoms with Gasteiger partial charge in [0.15, 0.2) is 0 Å². The van der Waals surface area contributed by atoms with E-state index >= 15 is 0 Å². The molecule has 0 bridgehead atoms. The van der Waals surface area contributed by atoms with E-state index in [-0.39, 0.29) is 18.7 Å². The van der Waals surface area contributed by atoms with E-state index in [0.29, 0.717) is 0 Å². The highest BCUT2D eigenvalue weighted by molar-refractivity contribution is 6.30. The fourth-order valence-electron chi connectivity index (χ4n) is 1.35. The maximum atomic E-state index is 8.90. The largest absolute Gasteiger partial charge is 0.395 e. The molecule has 0 saturated carbocycles. The van der Waals surface area contributed by atoms with E-state index in [9.17, 15) is 0 Å². The monoisotopic (exact) mass is 213 g/mol. The number of nitrogens with one attached hydrogen (secondary N) is 1. The smallest absolute Gasteiger partial charge is 0.0582 e. The second-order valence-electron chi connectivity index (χ2n) is 3.53. The Morgan fingerprint density at radius 3 is 2.71 bits per heavy atom. The highest BCUT2D eigenvalue weighted by Gasteiger charge is 2.08. The number of hydrogen-bond acceptors (Lipinski definition) is 2. The van der Waals surface area contributed by atoms with E-state index in [0.717, 1.165) is 10.6 Å². The third-order valence-electron chi connectivity index (χ3n) is 2.16. The Balaban J connectivity index is 2.64. The molecule has 1 rings (SSSR count). The minimum Gasteiger partial charge on any atom is -0.395 e. The van der Waals surface area contributed by atoms with Crippen molar-refractivity contribution in [1.82, 2.24) is 5.32 Å². The molecule has 0 spiro atoms. The van der Waals surface area contributed by atoms with Crippen LogP contribution in [0.25, 0.3) is 0 Å². The van der Waals surface area contributed by atoms with Gasteiger partial charge in [-0.15, -0.1) is 0 Å². The Morgan fingerprint density at radius 2 is 2.14 bits per heavy atom. The van der Waals surface area contributed by atoms with Crippen LogP contribution < -0.4 is 5.32 Å². The molecule has 0 radical (unpaired) electrons. The first-order valence-corrected chi connectivity index (χ1v) is 5.13. The van der Waals surface area contributed by atoms with Crippen molar-refractivity contribution in [3.8, 4) is 0 Å². The van der Waals surface area contributed by atoms with Gasteiger partial charge in [0.1, 0.15) is 0 Å². The van der Waals surface area contributed by atoms with Gasteiger partial charge >= 0.3 is 0 Å². The lowest BCUT2D eigenvalue weighted by molar-refractivity contribution is 0.243. The lowest BCUT2D eigenvalue weighted by Crippen LogP contribution is -2.31. The minimum absolute atomic E-state index is 0.101. The standard InChI is InChI=1S/C11H16ClNO/c1-8(7-14)13-9(2)10-4-3-5-11(12)6-10/h3-6,8-9,13-14H,7H2,1-2H3.